The first kappa shape index (κ1) is 23.5. The SMILES string of the molecule is C=CCn1c(SCC(=O)Nc2cc(C(C)(C)C)nn2-c2ccccc2)nnc1-c1ccccc1. The van der Waals surface area contributed by atoms with Gasteiger partial charge >= 0.3 is 0 Å². The Morgan fingerprint density at radius 2 is 1.74 bits per heavy atom. The number of benzene rings is 2. The number of carbonyl (C=O) groups excluding carboxylic acids is 1. The van der Waals surface area contributed by atoms with Gasteiger partial charge in [0.05, 0.1) is 17.1 Å². The fourth-order valence-corrected chi connectivity index (χ4v) is 4.15. The van der Waals surface area contributed by atoms with Crippen molar-refractivity contribution in [2.75, 3.05) is 11.1 Å². The van der Waals surface area contributed by atoms with Crippen molar-refractivity contribution in [1.29, 1.82) is 0 Å². The third-order valence-corrected chi connectivity index (χ3v) is 6.11. The molecule has 0 bridgehead atoms. The largest absolute Gasteiger partial charge is 0.310 e. The lowest BCUT2D eigenvalue weighted by atomic mass is 9.92. The van der Waals surface area contributed by atoms with Crippen LogP contribution in [0.25, 0.3) is 17.1 Å². The first-order valence-electron chi connectivity index (χ1n) is 11.0. The molecule has 0 unspecified atom stereocenters. The highest BCUT2D eigenvalue weighted by molar-refractivity contribution is 7.99. The first-order valence-corrected chi connectivity index (χ1v) is 12.0. The van der Waals surface area contributed by atoms with Crippen LogP contribution < -0.4 is 5.32 Å². The van der Waals surface area contributed by atoms with Crippen LogP contribution in [-0.2, 0) is 16.8 Å². The number of thioether (sulfide) groups is 1. The highest BCUT2D eigenvalue weighted by Crippen LogP contribution is 2.27. The van der Waals surface area contributed by atoms with Crippen LogP contribution in [0.3, 0.4) is 0 Å². The summed E-state index contributed by atoms with van der Waals surface area (Å²) in [6.07, 6.45) is 1.80. The fraction of sp³-hybridized carbons (Fsp3) is 0.231. The van der Waals surface area contributed by atoms with Gasteiger partial charge in [-0.15, -0.1) is 16.8 Å². The van der Waals surface area contributed by atoms with E-state index in [4.69, 9.17) is 5.10 Å². The summed E-state index contributed by atoms with van der Waals surface area (Å²) in [7, 11) is 0. The van der Waals surface area contributed by atoms with Crippen LogP contribution in [0.4, 0.5) is 5.82 Å². The molecule has 8 heteroatoms. The standard InChI is InChI=1S/C26H28N6OS/c1-5-16-31-24(19-12-8-6-9-13-19)28-29-25(31)34-18-23(33)27-22-17-21(26(2,3)4)30-32(22)20-14-10-7-11-15-20/h5-15,17H,1,16,18H2,2-4H3,(H,27,33). The van der Waals surface area contributed by atoms with E-state index >= 15 is 0 Å². The molecule has 1 amide bonds. The molecule has 2 heterocycles. The summed E-state index contributed by atoms with van der Waals surface area (Å²) in [5.74, 6) is 1.44. The Bertz CT molecular complexity index is 1270. The minimum Gasteiger partial charge on any atom is -0.310 e. The second-order valence-electron chi connectivity index (χ2n) is 8.82. The van der Waals surface area contributed by atoms with Crippen LogP contribution in [-0.4, -0.2) is 36.2 Å². The molecule has 7 nitrogen and oxygen atoms in total. The van der Waals surface area contributed by atoms with Gasteiger partial charge in [-0.25, -0.2) is 4.68 Å². The molecule has 0 spiro atoms. The second-order valence-corrected chi connectivity index (χ2v) is 9.76. The van der Waals surface area contributed by atoms with Crippen molar-refractivity contribution >= 4 is 23.5 Å². The maximum absolute atomic E-state index is 12.9. The zero-order valence-electron chi connectivity index (χ0n) is 19.6. The number of aromatic nitrogens is 5. The monoisotopic (exact) mass is 472 g/mol. The molecule has 0 aliphatic rings. The molecule has 0 saturated carbocycles. The average molecular weight is 473 g/mol. The van der Waals surface area contributed by atoms with E-state index < -0.39 is 0 Å². The number of nitrogens with one attached hydrogen (secondary N) is 1. The Balaban J connectivity index is 1.53. The van der Waals surface area contributed by atoms with E-state index in [0.717, 1.165) is 22.8 Å². The van der Waals surface area contributed by atoms with Crippen molar-refractivity contribution in [3.63, 3.8) is 0 Å². The van der Waals surface area contributed by atoms with E-state index in [1.54, 1.807) is 10.8 Å². The highest BCUT2D eigenvalue weighted by Gasteiger charge is 2.22. The number of amides is 1. The topological polar surface area (TPSA) is 77.6 Å². The van der Waals surface area contributed by atoms with Gasteiger partial charge in [-0.3, -0.25) is 9.36 Å². The maximum Gasteiger partial charge on any atom is 0.236 e. The van der Waals surface area contributed by atoms with E-state index in [1.807, 2.05) is 71.3 Å². The number of para-hydroxylation sites is 1. The smallest absolute Gasteiger partial charge is 0.236 e. The van der Waals surface area contributed by atoms with E-state index in [2.05, 4.69) is 42.9 Å². The molecule has 0 radical (unpaired) electrons. The van der Waals surface area contributed by atoms with Crippen LogP contribution >= 0.6 is 11.8 Å². The zero-order chi connectivity index (χ0) is 24.1. The van der Waals surface area contributed by atoms with Gasteiger partial charge in [-0.1, -0.05) is 87.1 Å². The molecular formula is C26H28N6OS. The fourth-order valence-electron chi connectivity index (χ4n) is 3.40. The number of hydrogen-bond acceptors (Lipinski definition) is 5. The third-order valence-electron chi connectivity index (χ3n) is 5.14. The van der Waals surface area contributed by atoms with Gasteiger partial charge in [0.15, 0.2) is 11.0 Å². The molecule has 2 aromatic heterocycles. The van der Waals surface area contributed by atoms with Gasteiger partial charge in [0.2, 0.25) is 5.91 Å². The zero-order valence-corrected chi connectivity index (χ0v) is 20.4. The van der Waals surface area contributed by atoms with Gasteiger partial charge in [0.25, 0.3) is 0 Å². The Kier molecular flexibility index (Phi) is 6.98. The van der Waals surface area contributed by atoms with Crippen LogP contribution in [0.1, 0.15) is 26.5 Å². The van der Waals surface area contributed by atoms with E-state index in [-0.39, 0.29) is 17.1 Å². The van der Waals surface area contributed by atoms with Crippen molar-refractivity contribution in [2.45, 2.75) is 37.9 Å². The van der Waals surface area contributed by atoms with Gasteiger partial charge in [-0.05, 0) is 12.1 Å². The molecular weight excluding hydrogens is 444 g/mol. The minimum absolute atomic E-state index is 0.142. The number of allylic oxidation sites excluding steroid dienone is 1. The van der Waals surface area contributed by atoms with Crippen LogP contribution in [0.15, 0.2) is 84.5 Å². The Labute approximate surface area is 203 Å². The first-order chi connectivity index (χ1) is 16.4. The summed E-state index contributed by atoms with van der Waals surface area (Å²) < 4.78 is 3.74. The summed E-state index contributed by atoms with van der Waals surface area (Å²) in [4.78, 5) is 12.9. The average Bonchev–Trinajstić information content (AvgIpc) is 3.43. The summed E-state index contributed by atoms with van der Waals surface area (Å²) >= 11 is 1.34. The predicted octanol–water partition coefficient (Wildman–Crippen LogP) is 5.35. The quantitative estimate of drug-likeness (QED) is 0.276. The summed E-state index contributed by atoms with van der Waals surface area (Å²) in [6, 6.07) is 21.6. The second kappa shape index (κ2) is 10.1. The molecule has 4 rings (SSSR count). The van der Waals surface area contributed by atoms with Gasteiger partial charge in [-0.2, -0.15) is 5.10 Å². The van der Waals surface area contributed by atoms with Gasteiger partial charge in [0, 0.05) is 23.6 Å². The molecule has 2 aromatic carbocycles. The van der Waals surface area contributed by atoms with Crippen molar-refractivity contribution in [2.24, 2.45) is 0 Å². The van der Waals surface area contributed by atoms with Crippen LogP contribution in [0, 0.1) is 0 Å². The van der Waals surface area contributed by atoms with Gasteiger partial charge in [0.1, 0.15) is 5.82 Å². The van der Waals surface area contributed by atoms with Crippen molar-refractivity contribution in [1.82, 2.24) is 24.5 Å². The van der Waals surface area contributed by atoms with Crippen LogP contribution in [0.5, 0.6) is 0 Å². The molecule has 174 valence electrons. The van der Waals surface area contributed by atoms with Crippen molar-refractivity contribution in [3.05, 3.63) is 85.1 Å². The van der Waals surface area contributed by atoms with E-state index in [9.17, 15) is 4.79 Å². The number of anilines is 1. The lowest BCUT2D eigenvalue weighted by Gasteiger charge is -2.14. The Hall–Kier alpha value is -3.65. The molecule has 0 aliphatic heterocycles. The predicted molar refractivity (Wildman–Crippen MR) is 137 cm³/mol. The van der Waals surface area contributed by atoms with Crippen molar-refractivity contribution < 1.29 is 4.79 Å². The Morgan fingerprint density at radius 3 is 2.38 bits per heavy atom. The molecule has 34 heavy (non-hydrogen) atoms. The van der Waals surface area contributed by atoms with E-state index in [0.29, 0.717) is 17.5 Å². The van der Waals surface area contributed by atoms with Crippen molar-refractivity contribution in [3.8, 4) is 17.1 Å². The molecule has 1 N–H and O–H groups in total. The highest BCUT2D eigenvalue weighted by atomic mass is 32.2. The van der Waals surface area contributed by atoms with Gasteiger partial charge < -0.3 is 5.32 Å². The maximum atomic E-state index is 12.9. The summed E-state index contributed by atoms with van der Waals surface area (Å²) in [5, 5.41) is 17.1. The number of carbonyl (C=O) groups is 1. The molecule has 0 fully saturated rings. The summed E-state index contributed by atoms with van der Waals surface area (Å²) in [6.45, 7) is 10.7. The molecule has 0 aliphatic carbocycles. The molecule has 0 saturated heterocycles. The number of nitrogens with zero attached hydrogens (tertiary/aromatic N) is 5. The number of rotatable bonds is 8. The Morgan fingerprint density at radius 1 is 1.06 bits per heavy atom. The minimum atomic E-state index is -0.150. The summed E-state index contributed by atoms with van der Waals surface area (Å²) in [5.41, 5.74) is 2.61. The number of hydrogen-bond donors (Lipinski definition) is 1. The van der Waals surface area contributed by atoms with E-state index in [1.165, 1.54) is 11.8 Å². The molecule has 4 aromatic rings. The van der Waals surface area contributed by atoms with Crippen LogP contribution in [0.2, 0.25) is 0 Å². The lowest BCUT2D eigenvalue weighted by Crippen LogP contribution is -2.17. The third kappa shape index (κ3) is 5.28. The normalized spacial score (nSPS) is 11.4. The molecule has 0 atom stereocenters. The lowest BCUT2D eigenvalue weighted by molar-refractivity contribution is -0.113.